The van der Waals surface area contributed by atoms with Gasteiger partial charge >= 0.3 is 0 Å². The molecule has 5 nitrogen and oxygen atoms in total. The Morgan fingerprint density at radius 3 is 2.86 bits per heavy atom. The van der Waals surface area contributed by atoms with Crippen LogP contribution in [-0.4, -0.2) is 21.7 Å². The Morgan fingerprint density at radius 1 is 1.24 bits per heavy atom. The van der Waals surface area contributed by atoms with Crippen LogP contribution in [0, 0.1) is 0 Å². The van der Waals surface area contributed by atoms with Crippen molar-refractivity contribution < 1.29 is 9.59 Å². The molecule has 2 aromatic heterocycles. The molecule has 0 radical (unpaired) electrons. The molecule has 1 aromatic carbocycles. The summed E-state index contributed by atoms with van der Waals surface area (Å²) in [7, 11) is 0. The molecule has 2 N–H and O–H groups in total. The van der Waals surface area contributed by atoms with Crippen LogP contribution in [0.1, 0.15) is 10.4 Å². The van der Waals surface area contributed by atoms with E-state index in [0.29, 0.717) is 16.6 Å². The Bertz CT molecular complexity index is 827. The zero-order valence-electron chi connectivity index (χ0n) is 10.8. The van der Waals surface area contributed by atoms with Crippen LogP contribution in [-0.2, 0) is 4.79 Å². The lowest BCUT2D eigenvalue weighted by molar-refractivity contribution is -0.112. The Kier molecular flexibility index (Phi) is 3.53. The number of fused-ring (bicyclic) bond motifs is 1. The van der Waals surface area contributed by atoms with Gasteiger partial charge in [-0.15, -0.1) is 0 Å². The van der Waals surface area contributed by atoms with Crippen LogP contribution in [0.3, 0.4) is 0 Å². The number of ketones is 1. The summed E-state index contributed by atoms with van der Waals surface area (Å²) < 4.78 is 0.844. The van der Waals surface area contributed by atoms with Gasteiger partial charge in [0.05, 0.1) is 17.4 Å². The van der Waals surface area contributed by atoms with Crippen LogP contribution in [0.2, 0.25) is 0 Å². The van der Waals surface area contributed by atoms with Gasteiger partial charge in [-0.3, -0.25) is 14.6 Å². The number of pyridine rings is 1. The lowest BCUT2D eigenvalue weighted by atomic mass is 10.1. The lowest BCUT2D eigenvalue weighted by Gasteiger charge is -2.03. The molecule has 0 aliphatic rings. The predicted octanol–water partition coefficient (Wildman–Crippen LogP) is 3.15. The van der Waals surface area contributed by atoms with E-state index in [1.165, 1.54) is 6.20 Å². The van der Waals surface area contributed by atoms with Crippen molar-refractivity contribution >= 4 is 44.2 Å². The minimum atomic E-state index is -0.691. The van der Waals surface area contributed by atoms with Crippen molar-refractivity contribution in [2.75, 3.05) is 5.32 Å². The van der Waals surface area contributed by atoms with E-state index in [4.69, 9.17) is 0 Å². The number of rotatable bonds is 3. The van der Waals surface area contributed by atoms with Gasteiger partial charge in [-0.05, 0) is 30.3 Å². The van der Waals surface area contributed by atoms with Crippen LogP contribution < -0.4 is 5.32 Å². The molecule has 6 heteroatoms. The maximum Gasteiger partial charge on any atom is 0.296 e. The van der Waals surface area contributed by atoms with Gasteiger partial charge in [0.1, 0.15) is 0 Å². The van der Waals surface area contributed by atoms with Gasteiger partial charge in [0.15, 0.2) is 0 Å². The SMILES string of the molecule is O=C(Nc1cccnc1)C(=O)c1c[nH]c2ccc(Br)cc12. The molecule has 1 amide bonds. The van der Waals surface area contributed by atoms with Gasteiger partial charge in [-0.25, -0.2) is 0 Å². The summed E-state index contributed by atoms with van der Waals surface area (Å²) in [6.07, 6.45) is 4.62. The Hall–Kier alpha value is -2.47. The van der Waals surface area contributed by atoms with Gasteiger partial charge in [0.25, 0.3) is 11.7 Å². The predicted molar refractivity (Wildman–Crippen MR) is 83.2 cm³/mol. The average Bonchev–Trinajstić information content (AvgIpc) is 2.90. The molecular formula is C15H10BrN3O2. The highest BCUT2D eigenvalue weighted by Gasteiger charge is 2.20. The fourth-order valence-corrected chi connectivity index (χ4v) is 2.39. The maximum atomic E-state index is 12.3. The fraction of sp³-hybridized carbons (Fsp3) is 0. The van der Waals surface area contributed by atoms with Crippen molar-refractivity contribution in [2.45, 2.75) is 0 Å². The fourth-order valence-electron chi connectivity index (χ4n) is 2.03. The van der Waals surface area contributed by atoms with E-state index < -0.39 is 11.7 Å². The highest BCUT2D eigenvalue weighted by atomic mass is 79.9. The molecule has 0 atom stereocenters. The molecule has 0 fully saturated rings. The number of H-pyrrole nitrogens is 1. The molecule has 0 unspecified atom stereocenters. The third-order valence-corrected chi connectivity index (χ3v) is 3.51. The number of halogens is 1. The molecule has 3 rings (SSSR count). The van der Waals surface area contributed by atoms with Crippen molar-refractivity contribution in [3.05, 3.63) is 59.0 Å². The van der Waals surface area contributed by atoms with E-state index in [0.717, 1.165) is 9.99 Å². The first-order valence-corrected chi connectivity index (χ1v) is 6.97. The normalized spacial score (nSPS) is 10.5. The summed E-state index contributed by atoms with van der Waals surface area (Å²) in [5.74, 6) is -1.29. The Labute approximate surface area is 128 Å². The largest absolute Gasteiger partial charge is 0.360 e. The van der Waals surface area contributed by atoms with E-state index in [9.17, 15) is 9.59 Å². The molecule has 0 aliphatic heterocycles. The summed E-state index contributed by atoms with van der Waals surface area (Å²) >= 11 is 3.36. The number of hydrogen-bond donors (Lipinski definition) is 2. The molecule has 21 heavy (non-hydrogen) atoms. The molecule has 104 valence electrons. The number of hydrogen-bond acceptors (Lipinski definition) is 3. The average molecular weight is 344 g/mol. The second-order valence-electron chi connectivity index (χ2n) is 4.42. The molecule has 3 aromatic rings. The van der Waals surface area contributed by atoms with Crippen LogP contribution >= 0.6 is 15.9 Å². The molecule has 0 bridgehead atoms. The summed E-state index contributed by atoms with van der Waals surface area (Å²) in [4.78, 5) is 31.2. The summed E-state index contributed by atoms with van der Waals surface area (Å²) in [5, 5.41) is 3.24. The van der Waals surface area contributed by atoms with Crippen LogP contribution in [0.25, 0.3) is 10.9 Å². The third kappa shape index (κ3) is 2.71. The summed E-state index contributed by atoms with van der Waals surface area (Å²) in [5.41, 5.74) is 1.63. The van der Waals surface area contributed by atoms with Gasteiger partial charge < -0.3 is 10.3 Å². The first-order valence-electron chi connectivity index (χ1n) is 6.17. The van der Waals surface area contributed by atoms with Crippen LogP contribution in [0.15, 0.2) is 53.4 Å². The quantitative estimate of drug-likeness (QED) is 0.566. The number of aromatic amines is 1. The lowest BCUT2D eigenvalue weighted by Crippen LogP contribution is -2.22. The van der Waals surface area contributed by atoms with E-state index in [1.807, 2.05) is 12.1 Å². The minimum absolute atomic E-state index is 0.340. The van der Waals surface area contributed by atoms with Crippen LogP contribution in [0.4, 0.5) is 5.69 Å². The number of aromatic nitrogens is 2. The number of benzene rings is 1. The molecule has 2 heterocycles. The van der Waals surface area contributed by atoms with Gasteiger partial charge in [-0.2, -0.15) is 0 Å². The van der Waals surface area contributed by atoms with E-state index in [1.54, 1.807) is 30.6 Å². The number of anilines is 1. The van der Waals surface area contributed by atoms with Crippen LogP contribution in [0.5, 0.6) is 0 Å². The second kappa shape index (κ2) is 5.49. The number of carbonyl (C=O) groups is 2. The first kappa shape index (κ1) is 13.5. The topological polar surface area (TPSA) is 74.8 Å². The number of Topliss-reactive ketones (excluding diaryl/α,β-unsaturated/α-hetero) is 1. The molecule has 0 spiro atoms. The molecule has 0 aliphatic carbocycles. The highest BCUT2D eigenvalue weighted by Crippen LogP contribution is 2.23. The van der Waals surface area contributed by atoms with Gasteiger partial charge in [0.2, 0.25) is 0 Å². The molecule has 0 saturated heterocycles. The smallest absolute Gasteiger partial charge is 0.296 e. The monoisotopic (exact) mass is 343 g/mol. The Balaban J connectivity index is 1.90. The number of amides is 1. The third-order valence-electron chi connectivity index (χ3n) is 3.01. The highest BCUT2D eigenvalue weighted by molar-refractivity contribution is 9.10. The van der Waals surface area contributed by atoms with E-state index >= 15 is 0 Å². The Morgan fingerprint density at radius 2 is 2.10 bits per heavy atom. The van der Waals surface area contributed by atoms with Crippen molar-refractivity contribution in [2.24, 2.45) is 0 Å². The zero-order chi connectivity index (χ0) is 14.8. The van der Waals surface area contributed by atoms with Crippen molar-refractivity contribution in [1.82, 2.24) is 9.97 Å². The standard InChI is InChI=1S/C15H10BrN3O2/c16-9-3-4-13-11(6-9)12(8-18-13)14(20)15(21)19-10-2-1-5-17-7-10/h1-8,18H,(H,19,21). The first-order chi connectivity index (χ1) is 10.1. The van der Waals surface area contributed by atoms with E-state index in [2.05, 4.69) is 31.2 Å². The summed E-state index contributed by atoms with van der Waals surface area (Å²) in [6.45, 7) is 0. The zero-order valence-corrected chi connectivity index (χ0v) is 12.3. The van der Waals surface area contributed by atoms with Gasteiger partial charge in [0, 0.05) is 27.8 Å². The van der Waals surface area contributed by atoms with Crippen molar-refractivity contribution in [3.8, 4) is 0 Å². The van der Waals surface area contributed by atoms with Crippen molar-refractivity contribution in [1.29, 1.82) is 0 Å². The van der Waals surface area contributed by atoms with E-state index in [-0.39, 0.29) is 0 Å². The minimum Gasteiger partial charge on any atom is -0.360 e. The maximum absolute atomic E-state index is 12.3. The van der Waals surface area contributed by atoms with Gasteiger partial charge in [-0.1, -0.05) is 15.9 Å². The number of carbonyl (C=O) groups excluding carboxylic acids is 2. The molecule has 0 saturated carbocycles. The molecular weight excluding hydrogens is 334 g/mol. The second-order valence-corrected chi connectivity index (χ2v) is 5.33. The summed E-state index contributed by atoms with van der Waals surface area (Å²) in [6, 6.07) is 8.86. The van der Waals surface area contributed by atoms with Crippen molar-refractivity contribution in [3.63, 3.8) is 0 Å². The number of nitrogens with one attached hydrogen (secondary N) is 2. The number of nitrogens with zero attached hydrogens (tertiary/aromatic N) is 1.